The zero-order valence-electron chi connectivity index (χ0n) is 40.2. The molecule has 3 aromatic carbocycles. The smallest absolute Gasteiger partial charge is 0.408 e. The van der Waals surface area contributed by atoms with Gasteiger partial charge in [-0.1, -0.05) is 39.3 Å². The highest BCUT2D eigenvalue weighted by molar-refractivity contribution is 6.31. The van der Waals surface area contributed by atoms with E-state index in [2.05, 4.69) is 64.4 Å². The Bertz CT molecular complexity index is 2580. The minimum atomic E-state index is -1.23. The predicted molar refractivity (Wildman–Crippen MR) is 259 cm³/mol. The van der Waals surface area contributed by atoms with E-state index in [0.717, 1.165) is 79.8 Å². The van der Waals surface area contributed by atoms with Gasteiger partial charge in [-0.2, -0.15) is 5.26 Å². The minimum absolute atomic E-state index is 0.0398. The molecular formula is C51H60ClN9O9. The number of piperazine rings is 1. The number of alkyl carbamates (subject to hydrolysis) is 1. The van der Waals surface area contributed by atoms with E-state index >= 15 is 0 Å². The van der Waals surface area contributed by atoms with Crippen LogP contribution in [-0.2, 0) is 19.1 Å². The maximum Gasteiger partial charge on any atom is 0.408 e. The lowest BCUT2D eigenvalue weighted by Crippen LogP contribution is -2.74. The van der Waals surface area contributed by atoms with Crippen molar-refractivity contribution in [1.82, 2.24) is 30.7 Å². The number of fused-ring (bicyclic) bond motifs is 1. The van der Waals surface area contributed by atoms with Crippen molar-refractivity contribution < 1.29 is 43.0 Å². The average molecular weight is 979 g/mol. The molecule has 4 heterocycles. The molecule has 1 unspecified atom stereocenters. The number of ether oxygens (including phenoxy) is 2. The summed E-state index contributed by atoms with van der Waals surface area (Å²) in [6, 6.07) is 18.8. The molecule has 19 heteroatoms. The molecule has 8 rings (SSSR count). The monoisotopic (exact) mass is 977 g/mol. The second-order valence-corrected chi connectivity index (χ2v) is 20.4. The number of imide groups is 2. The Hall–Kier alpha value is -6.71. The molecule has 3 saturated heterocycles. The van der Waals surface area contributed by atoms with Crippen LogP contribution in [0.1, 0.15) is 96.9 Å². The number of nitrogens with one attached hydrogen (secondary N) is 3. The summed E-state index contributed by atoms with van der Waals surface area (Å²) in [5, 5.41) is 17.8. The molecule has 5 aliphatic rings. The lowest BCUT2D eigenvalue weighted by atomic mass is 9.49. The number of rotatable bonds is 14. The van der Waals surface area contributed by atoms with E-state index < -0.39 is 42.5 Å². The fraction of sp³-hybridized carbons (Fsp3) is 0.490. The molecule has 1 saturated carbocycles. The largest absolute Gasteiger partial charge is 0.489 e. The van der Waals surface area contributed by atoms with Gasteiger partial charge in [-0.3, -0.25) is 38.6 Å². The molecule has 70 heavy (non-hydrogen) atoms. The second kappa shape index (κ2) is 20.3. The summed E-state index contributed by atoms with van der Waals surface area (Å²) in [6.45, 7) is 15.2. The summed E-state index contributed by atoms with van der Waals surface area (Å²) in [5.74, 6) is -1.88. The van der Waals surface area contributed by atoms with Gasteiger partial charge in [0.05, 0.1) is 21.7 Å². The van der Waals surface area contributed by atoms with E-state index in [9.17, 15) is 38.8 Å². The Kier molecular flexibility index (Phi) is 14.4. The van der Waals surface area contributed by atoms with Crippen LogP contribution in [0.5, 0.6) is 5.75 Å². The molecule has 1 aliphatic carbocycles. The number of hydrogen-bond acceptors (Lipinski definition) is 13. The Morgan fingerprint density at radius 1 is 0.786 bits per heavy atom. The van der Waals surface area contributed by atoms with Crippen molar-refractivity contribution in [3.63, 3.8) is 0 Å². The number of amides is 7. The zero-order chi connectivity index (χ0) is 50.1. The Morgan fingerprint density at radius 2 is 1.43 bits per heavy atom. The number of anilines is 2. The third-order valence-electron chi connectivity index (χ3n) is 14.6. The quantitative estimate of drug-likeness (QED) is 0.147. The number of piperidine rings is 2. The molecule has 4 fully saturated rings. The summed E-state index contributed by atoms with van der Waals surface area (Å²) in [4.78, 5) is 99.0. The number of halogens is 1. The Morgan fingerprint density at radius 3 is 2.09 bits per heavy atom. The van der Waals surface area contributed by atoms with Crippen LogP contribution in [0.15, 0.2) is 60.7 Å². The molecule has 0 radical (unpaired) electrons. The first-order chi connectivity index (χ1) is 33.4. The number of benzene rings is 3. The lowest BCUT2D eigenvalue weighted by Gasteiger charge is -2.63. The average Bonchev–Trinajstić information content (AvgIpc) is 3.58. The minimum Gasteiger partial charge on any atom is -0.489 e. The molecule has 370 valence electrons. The van der Waals surface area contributed by atoms with Crippen LogP contribution in [0.2, 0.25) is 5.02 Å². The van der Waals surface area contributed by atoms with Crippen molar-refractivity contribution in [2.45, 2.75) is 78.5 Å². The highest BCUT2D eigenvalue weighted by Gasteiger charge is 2.64. The highest BCUT2D eigenvalue weighted by atomic mass is 35.5. The van der Waals surface area contributed by atoms with Crippen molar-refractivity contribution in [3.8, 4) is 11.8 Å². The third kappa shape index (κ3) is 10.1. The number of nitrogens with zero attached hydrogens (tertiary/aromatic N) is 6. The normalized spacial score (nSPS) is 22.2. The van der Waals surface area contributed by atoms with Crippen molar-refractivity contribution in [2.24, 2.45) is 16.7 Å². The fourth-order valence-electron chi connectivity index (χ4n) is 11.1. The van der Waals surface area contributed by atoms with Gasteiger partial charge < -0.3 is 35.2 Å². The van der Waals surface area contributed by atoms with Crippen LogP contribution in [0, 0.1) is 28.1 Å². The van der Waals surface area contributed by atoms with Gasteiger partial charge in [0.1, 0.15) is 24.0 Å². The molecular weight excluding hydrogens is 918 g/mol. The van der Waals surface area contributed by atoms with Gasteiger partial charge in [0.2, 0.25) is 11.8 Å². The first-order valence-corrected chi connectivity index (χ1v) is 24.3. The van der Waals surface area contributed by atoms with Crippen molar-refractivity contribution in [2.75, 3.05) is 75.4 Å². The standard InChI is InChI=1S/C51H60ClN9O9/c1-31(62)54-18-19-55-49(68)69-30-60-42(63)15-14-41(46(60)67)61-44(65)38-13-11-36(26-39(38)45(61)66)59-24-22-57(23-25-59)29-32-16-20-58(21-17-32)35-9-6-33(7-10-35)43(64)56-47-50(2,3)48(51(47,4)5)70-37-12-8-34(28-53)40(52)27-37/h6-13,26-27,32,41,47-48H,14-25,29-30H2,1-5H3,(H,54,62)(H,55,68)(H,56,64). The van der Waals surface area contributed by atoms with Crippen LogP contribution < -0.4 is 30.5 Å². The summed E-state index contributed by atoms with van der Waals surface area (Å²) >= 11 is 6.26. The van der Waals surface area contributed by atoms with E-state index in [1.807, 2.05) is 30.3 Å². The number of nitriles is 1. The van der Waals surface area contributed by atoms with Gasteiger partial charge in [-0.25, -0.2) is 9.69 Å². The van der Waals surface area contributed by atoms with Crippen LogP contribution in [-0.4, -0.2) is 140 Å². The summed E-state index contributed by atoms with van der Waals surface area (Å²) < 4.78 is 11.5. The predicted octanol–water partition coefficient (Wildman–Crippen LogP) is 4.80. The molecule has 1 atom stereocenters. The van der Waals surface area contributed by atoms with Gasteiger partial charge in [0.15, 0.2) is 6.73 Å². The van der Waals surface area contributed by atoms with Crippen molar-refractivity contribution >= 4 is 64.5 Å². The van der Waals surface area contributed by atoms with Crippen LogP contribution >= 0.6 is 11.6 Å². The molecule has 4 aliphatic heterocycles. The van der Waals surface area contributed by atoms with Gasteiger partial charge in [-0.05, 0) is 79.8 Å². The van der Waals surface area contributed by atoms with Crippen LogP contribution in [0.4, 0.5) is 16.2 Å². The SMILES string of the molecule is CC(=O)NCCNC(=O)OCN1C(=O)CCC(N2C(=O)c3ccc(N4CCN(CC5CCN(c6ccc(C(=O)NC7C(C)(C)C(Oc8ccc(C#N)c(Cl)c8)C7(C)C)cc6)CC5)CC4)cc3C2=O)C1=O. The molecule has 0 spiro atoms. The molecule has 7 amide bonds. The fourth-order valence-corrected chi connectivity index (χ4v) is 11.3. The molecule has 18 nitrogen and oxygen atoms in total. The van der Waals surface area contributed by atoms with Gasteiger partial charge in [-0.15, -0.1) is 0 Å². The number of hydrogen-bond donors (Lipinski definition) is 3. The maximum absolute atomic E-state index is 13.8. The lowest BCUT2D eigenvalue weighted by molar-refractivity contribution is -0.164. The number of carbonyl (C=O) groups excluding carboxylic acids is 7. The first-order valence-electron chi connectivity index (χ1n) is 23.9. The van der Waals surface area contributed by atoms with Crippen molar-refractivity contribution in [3.05, 3.63) is 87.9 Å². The van der Waals surface area contributed by atoms with E-state index in [0.29, 0.717) is 27.8 Å². The summed E-state index contributed by atoms with van der Waals surface area (Å²) in [7, 11) is 0. The van der Waals surface area contributed by atoms with Crippen LogP contribution in [0.25, 0.3) is 0 Å². The first kappa shape index (κ1) is 49.7. The third-order valence-corrected chi connectivity index (χ3v) is 14.9. The van der Waals surface area contributed by atoms with E-state index in [1.54, 1.807) is 30.3 Å². The second-order valence-electron chi connectivity index (χ2n) is 20.0. The summed E-state index contributed by atoms with van der Waals surface area (Å²) in [6.07, 6.45) is 0.826. The summed E-state index contributed by atoms with van der Waals surface area (Å²) in [5.41, 5.74) is 2.54. The van der Waals surface area contributed by atoms with Gasteiger partial charge in [0.25, 0.3) is 23.6 Å². The number of likely N-dealkylation sites (tertiary alicyclic amines) is 1. The molecule has 0 aromatic heterocycles. The molecule has 0 bridgehead atoms. The topological polar surface area (TPSA) is 214 Å². The van der Waals surface area contributed by atoms with E-state index in [1.165, 1.54) is 6.92 Å². The van der Waals surface area contributed by atoms with Gasteiger partial charge >= 0.3 is 6.09 Å². The van der Waals surface area contributed by atoms with E-state index in [-0.39, 0.29) is 71.8 Å². The number of carbonyl (C=O) groups is 7. The van der Waals surface area contributed by atoms with Gasteiger partial charge in [0, 0.05) is 112 Å². The zero-order valence-corrected chi connectivity index (χ0v) is 41.0. The molecule has 3 N–H and O–H groups in total. The highest BCUT2D eigenvalue weighted by Crippen LogP contribution is 2.55. The molecule has 3 aromatic rings. The Balaban J connectivity index is 0.775. The van der Waals surface area contributed by atoms with E-state index in [4.69, 9.17) is 21.1 Å². The Labute approximate surface area is 412 Å². The van der Waals surface area contributed by atoms with Crippen LogP contribution in [0.3, 0.4) is 0 Å². The maximum atomic E-state index is 13.8. The van der Waals surface area contributed by atoms with Crippen molar-refractivity contribution in [1.29, 1.82) is 5.26 Å².